The summed E-state index contributed by atoms with van der Waals surface area (Å²) in [4.78, 5) is 12.0. The van der Waals surface area contributed by atoms with E-state index in [2.05, 4.69) is 22.8 Å². The molecule has 0 saturated heterocycles. The van der Waals surface area contributed by atoms with Crippen molar-refractivity contribution in [3.63, 3.8) is 0 Å². The van der Waals surface area contributed by atoms with Gasteiger partial charge in [-0.05, 0) is 36.1 Å². The molecule has 3 rings (SSSR count). The fourth-order valence-electron chi connectivity index (χ4n) is 2.96. The summed E-state index contributed by atoms with van der Waals surface area (Å²) in [7, 11) is 0. The van der Waals surface area contributed by atoms with Crippen molar-refractivity contribution < 1.29 is 14.3 Å². The summed E-state index contributed by atoms with van der Waals surface area (Å²) in [5.41, 5.74) is 3.61. The Hall–Kier alpha value is -2.53. The van der Waals surface area contributed by atoms with E-state index in [4.69, 9.17) is 9.47 Å². The van der Waals surface area contributed by atoms with Gasteiger partial charge in [-0.3, -0.25) is 0 Å². The van der Waals surface area contributed by atoms with Gasteiger partial charge in [-0.15, -0.1) is 0 Å². The number of amides is 2. The van der Waals surface area contributed by atoms with Crippen LogP contribution in [0.1, 0.15) is 23.6 Å². The molecule has 2 aromatic rings. The number of rotatable bonds is 8. The van der Waals surface area contributed by atoms with Crippen LogP contribution in [0.2, 0.25) is 0 Å². The Balaban J connectivity index is 1.31. The second-order valence-corrected chi connectivity index (χ2v) is 6.59. The van der Waals surface area contributed by atoms with Crippen molar-refractivity contribution in [3.05, 3.63) is 65.2 Å². The Morgan fingerprint density at radius 2 is 2.04 bits per heavy atom. The topological polar surface area (TPSA) is 59.6 Å². The number of fused-ring (bicyclic) bond motifs is 1. The minimum Gasteiger partial charge on any atom is -0.493 e. The first-order valence-electron chi connectivity index (χ1n) is 9.11. The first kappa shape index (κ1) is 18.3. The van der Waals surface area contributed by atoms with Gasteiger partial charge in [0, 0.05) is 13.0 Å². The van der Waals surface area contributed by atoms with E-state index in [0.717, 1.165) is 30.8 Å². The molecule has 2 N–H and O–H groups in total. The molecule has 0 radical (unpaired) electrons. The molecule has 0 aromatic heterocycles. The van der Waals surface area contributed by atoms with Crippen molar-refractivity contribution in [2.24, 2.45) is 0 Å². The molecule has 0 fully saturated rings. The third-order valence-electron chi connectivity index (χ3n) is 4.31. The number of nitrogens with one attached hydrogen (secondary N) is 2. The van der Waals surface area contributed by atoms with Crippen molar-refractivity contribution in [1.82, 2.24) is 10.6 Å². The quantitative estimate of drug-likeness (QED) is 0.766. The first-order valence-corrected chi connectivity index (χ1v) is 9.11. The predicted molar refractivity (Wildman–Crippen MR) is 101 cm³/mol. The SMILES string of the molecule is CC(COCc1ccccc1)NC(=O)NCCc1ccc2c(c1)CCO2. The maximum Gasteiger partial charge on any atom is 0.315 e. The highest BCUT2D eigenvalue weighted by atomic mass is 16.5. The van der Waals surface area contributed by atoms with E-state index < -0.39 is 0 Å². The molecule has 1 heterocycles. The number of carbonyl (C=O) groups is 1. The van der Waals surface area contributed by atoms with Crippen molar-refractivity contribution >= 4 is 6.03 Å². The van der Waals surface area contributed by atoms with Gasteiger partial charge in [-0.25, -0.2) is 4.79 Å². The number of hydrogen-bond donors (Lipinski definition) is 2. The molecule has 0 aliphatic carbocycles. The van der Waals surface area contributed by atoms with E-state index in [9.17, 15) is 4.79 Å². The van der Waals surface area contributed by atoms with Gasteiger partial charge in [-0.1, -0.05) is 42.5 Å². The molecule has 0 bridgehead atoms. The average molecular weight is 354 g/mol. The normalized spacial score (nSPS) is 13.6. The Morgan fingerprint density at radius 3 is 2.88 bits per heavy atom. The van der Waals surface area contributed by atoms with E-state index >= 15 is 0 Å². The Kier molecular flexibility index (Phi) is 6.50. The molecular formula is C21H26N2O3. The summed E-state index contributed by atoms with van der Waals surface area (Å²) in [6.45, 7) is 4.33. The monoisotopic (exact) mass is 354 g/mol. The van der Waals surface area contributed by atoms with Crippen LogP contribution in [0.3, 0.4) is 0 Å². The third kappa shape index (κ3) is 5.49. The van der Waals surface area contributed by atoms with Crippen LogP contribution in [0.4, 0.5) is 4.79 Å². The largest absolute Gasteiger partial charge is 0.493 e. The lowest BCUT2D eigenvalue weighted by molar-refractivity contribution is 0.104. The fraction of sp³-hybridized carbons (Fsp3) is 0.381. The van der Waals surface area contributed by atoms with E-state index in [0.29, 0.717) is 19.8 Å². The average Bonchev–Trinajstić information content (AvgIpc) is 3.10. The molecule has 1 atom stereocenters. The third-order valence-corrected chi connectivity index (χ3v) is 4.31. The molecule has 0 saturated carbocycles. The minimum atomic E-state index is -0.162. The Morgan fingerprint density at radius 1 is 1.19 bits per heavy atom. The van der Waals surface area contributed by atoms with E-state index in [1.165, 1.54) is 11.1 Å². The van der Waals surface area contributed by atoms with E-state index in [-0.39, 0.29) is 12.1 Å². The van der Waals surface area contributed by atoms with Crippen LogP contribution < -0.4 is 15.4 Å². The van der Waals surface area contributed by atoms with Gasteiger partial charge in [0.1, 0.15) is 5.75 Å². The lowest BCUT2D eigenvalue weighted by Gasteiger charge is -2.15. The van der Waals surface area contributed by atoms with Gasteiger partial charge in [-0.2, -0.15) is 0 Å². The zero-order valence-electron chi connectivity index (χ0n) is 15.2. The van der Waals surface area contributed by atoms with Crippen LogP contribution >= 0.6 is 0 Å². The van der Waals surface area contributed by atoms with Crippen molar-refractivity contribution in [1.29, 1.82) is 0 Å². The molecule has 2 amide bonds. The maximum absolute atomic E-state index is 12.0. The highest BCUT2D eigenvalue weighted by Crippen LogP contribution is 2.25. The molecular weight excluding hydrogens is 328 g/mol. The number of urea groups is 1. The maximum atomic E-state index is 12.0. The molecule has 1 aliphatic rings. The molecule has 5 heteroatoms. The van der Waals surface area contributed by atoms with Crippen LogP contribution in [-0.2, 0) is 24.2 Å². The summed E-state index contributed by atoms with van der Waals surface area (Å²) in [5.74, 6) is 0.990. The van der Waals surface area contributed by atoms with Crippen LogP contribution in [-0.4, -0.2) is 31.8 Å². The molecule has 1 unspecified atom stereocenters. The van der Waals surface area contributed by atoms with Crippen LogP contribution in [0.5, 0.6) is 5.75 Å². The summed E-state index contributed by atoms with van der Waals surface area (Å²) < 4.78 is 11.2. The number of hydrogen-bond acceptors (Lipinski definition) is 3. The van der Waals surface area contributed by atoms with Gasteiger partial charge >= 0.3 is 6.03 Å². The lowest BCUT2D eigenvalue weighted by Crippen LogP contribution is -2.43. The first-order chi connectivity index (χ1) is 12.7. The second-order valence-electron chi connectivity index (χ2n) is 6.59. The smallest absolute Gasteiger partial charge is 0.315 e. The van der Waals surface area contributed by atoms with Gasteiger partial charge in [0.05, 0.1) is 25.9 Å². The standard InChI is InChI=1S/C21H26N2O3/c1-16(14-25-15-18-5-3-2-4-6-18)23-21(24)22-11-9-17-7-8-20-19(13-17)10-12-26-20/h2-8,13,16H,9-12,14-15H2,1H3,(H2,22,23,24). The van der Waals surface area contributed by atoms with Crippen LogP contribution in [0.15, 0.2) is 48.5 Å². The minimum absolute atomic E-state index is 0.0455. The summed E-state index contributed by atoms with van der Waals surface area (Å²) in [6.07, 6.45) is 1.77. The van der Waals surface area contributed by atoms with Gasteiger partial charge in [0.2, 0.25) is 0 Å². The summed E-state index contributed by atoms with van der Waals surface area (Å²) in [6, 6.07) is 16.0. The molecule has 2 aromatic carbocycles. The highest BCUT2D eigenvalue weighted by molar-refractivity contribution is 5.74. The van der Waals surface area contributed by atoms with Crippen LogP contribution in [0, 0.1) is 0 Å². The van der Waals surface area contributed by atoms with Crippen LogP contribution in [0.25, 0.3) is 0 Å². The fourth-order valence-corrected chi connectivity index (χ4v) is 2.96. The molecule has 5 nitrogen and oxygen atoms in total. The van der Waals surface area contributed by atoms with Crippen molar-refractivity contribution in [2.75, 3.05) is 19.8 Å². The highest BCUT2D eigenvalue weighted by Gasteiger charge is 2.12. The molecule has 138 valence electrons. The molecule has 26 heavy (non-hydrogen) atoms. The number of ether oxygens (including phenoxy) is 2. The van der Waals surface area contributed by atoms with E-state index in [1.807, 2.05) is 43.3 Å². The van der Waals surface area contributed by atoms with Gasteiger partial charge < -0.3 is 20.1 Å². The summed E-state index contributed by atoms with van der Waals surface area (Å²) in [5, 5.41) is 5.80. The second kappa shape index (κ2) is 9.25. The van der Waals surface area contributed by atoms with Gasteiger partial charge in [0.15, 0.2) is 0 Å². The predicted octanol–water partition coefficient (Wildman–Crippen LogP) is 3.07. The van der Waals surface area contributed by atoms with Crippen molar-refractivity contribution in [2.45, 2.75) is 32.4 Å². The Labute approximate surface area is 154 Å². The number of benzene rings is 2. The van der Waals surface area contributed by atoms with Crippen molar-refractivity contribution in [3.8, 4) is 5.75 Å². The zero-order chi connectivity index (χ0) is 18.2. The number of carbonyl (C=O) groups excluding carboxylic acids is 1. The lowest BCUT2D eigenvalue weighted by atomic mass is 10.1. The van der Waals surface area contributed by atoms with E-state index in [1.54, 1.807) is 0 Å². The summed E-state index contributed by atoms with van der Waals surface area (Å²) >= 11 is 0. The molecule has 0 spiro atoms. The molecule has 1 aliphatic heterocycles. The van der Waals surface area contributed by atoms with Gasteiger partial charge in [0.25, 0.3) is 0 Å². The Bertz CT molecular complexity index is 718. The zero-order valence-corrected chi connectivity index (χ0v) is 15.2.